The number of rotatable bonds is 1. The van der Waals surface area contributed by atoms with Gasteiger partial charge in [0.2, 0.25) is 0 Å². The molecule has 0 aliphatic rings. The van der Waals surface area contributed by atoms with E-state index >= 15 is 0 Å². The van der Waals surface area contributed by atoms with Gasteiger partial charge in [-0.2, -0.15) is 0 Å². The first-order valence-electron chi connectivity index (χ1n) is 5.96. The fraction of sp³-hybridized carbons (Fsp3) is 0.0625. The Balaban J connectivity index is 2.35. The van der Waals surface area contributed by atoms with Crippen molar-refractivity contribution in [3.8, 4) is 11.1 Å². The predicted octanol–water partition coefficient (Wildman–Crippen LogP) is 3.79. The lowest BCUT2D eigenvalue weighted by molar-refractivity contribution is 1.37. The summed E-state index contributed by atoms with van der Waals surface area (Å²) in [4.78, 5) is 4.45. The summed E-state index contributed by atoms with van der Waals surface area (Å²) in [6.07, 6.45) is 1.84. The molecule has 2 heteroatoms. The van der Waals surface area contributed by atoms with Gasteiger partial charge in [-0.05, 0) is 35.7 Å². The second-order valence-electron chi connectivity index (χ2n) is 4.40. The van der Waals surface area contributed by atoms with Crippen LogP contribution in [0.4, 0.5) is 5.69 Å². The zero-order valence-corrected chi connectivity index (χ0v) is 10.2. The zero-order chi connectivity index (χ0) is 12.5. The van der Waals surface area contributed by atoms with Crippen molar-refractivity contribution >= 4 is 16.6 Å². The van der Waals surface area contributed by atoms with E-state index in [9.17, 15) is 0 Å². The van der Waals surface area contributed by atoms with Gasteiger partial charge >= 0.3 is 0 Å². The molecule has 0 fully saturated rings. The molecule has 0 bridgehead atoms. The smallest absolute Gasteiger partial charge is 0.0757 e. The van der Waals surface area contributed by atoms with Gasteiger partial charge in [0.1, 0.15) is 0 Å². The average molecular weight is 234 g/mol. The van der Waals surface area contributed by atoms with E-state index in [1.54, 1.807) is 0 Å². The standard InChI is InChI=1S/C16H14N2/c1-11-15(17)8-7-14-13(9-10-18-16(11)14)12-5-3-2-4-6-12/h2-10H,17H2,1H3. The minimum absolute atomic E-state index is 0.792. The van der Waals surface area contributed by atoms with Crippen LogP contribution in [0, 0.1) is 6.92 Å². The van der Waals surface area contributed by atoms with E-state index in [0.717, 1.165) is 22.2 Å². The van der Waals surface area contributed by atoms with E-state index in [0.29, 0.717) is 0 Å². The van der Waals surface area contributed by atoms with E-state index < -0.39 is 0 Å². The zero-order valence-electron chi connectivity index (χ0n) is 10.2. The van der Waals surface area contributed by atoms with Gasteiger partial charge in [0.05, 0.1) is 5.52 Å². The number of fused-ring (bicyclic) bond motifs is 1. The Morgan fingerprint density at radius 2 is 1.72 bits per heavy atom. The summed E-state index contributed by atoms with van der Waals surface area (Å²) < 4.78 is 0. The van der Waals surface area contributed by atoms with Crippen LogP contribution in [-0.2, 0) is 0 Å². The summed E-state index contributed by atoms with van der Waals surface area (Å²) in [5, 5.41) is 1.15. The molecule has 88 valence electrons. The highest BCUT2D eigenvalue weighted by molar-refractivity contribution is 5.97. The van der Waals surface area contributed by atoms with E-state index in [1.165, 1.54) is 11.1 Å². The van der Waals surface area contributed by atoms with Crippen molar-refractivity contribution in [2.45, 2.75) is 6.92 Å². The van der Waals surface area contributed by atoms with Crippen molar-refractivity contribution in [2.75, 3.05) is 5.73 Å². The van der Waals surface area contributed by atoms with Gasteiger partial charge in [0.25, 0.3) is 0 Å². The first kappa shape index (κ1) is 10.8. The predicted molar refractivity (Wildman–Crippen MR) is 76.3 cm³/mol. The summed E-state index contributed by atoms with van der Waals surface area (Å²) in [6, 6.07) is 16.4. The van der Waals surface area contributed by atoms with Gasteiger partial charge < -0.3 is 5.73 Å². The van der Waals surface area contributed by atoms with Crippen LogP contribution in [0.25, 0.3) is 22.0 Å². The minimum atomic E-state index is 0.792. The third kappa shape index (κ3) is 1.63. The van der Waals surface area contributed by atoms with E-state index in [2.05, 4.69) is 17.1 Å². The monoisotopic (exact) mass is 234 g/mol. The van der Waals surface area contributed by atoms with E-state index in [4.69, 9.17) is 5.73 Å². The van der Waals surface area contributed by atoms with Crippen LogP contribution >= 0.6 is 0 Å². The number of nitrogens with two attached hydrogens (primary N) is 1. The quantitative estimate of drug-likeness (QED) is 0.650. The molecule has 2 nitrogen and oxygen atoms in total. The molecule has 2 aromatic carbocycles. The third-order valence-corrected chi connectivity index (χ3v) is 3.29. The fourth-order valence-electron chi connectivity index (χ4n) is 2.25. The summed E-state index contributed by atoms with van der Waals surface area (Å²) in [7, 11) is 0. The number of nitrogens with zero attached hydrogens (tertiary/aromatic N) is 1. The summed E-state index contributed by atoms with van der Waals surface area (Å²) in [5.41, 5.74) is 11.2. The van der Waals surface area contributed by atoms with E-state index in [-0.39, 0.29) is 0 Å². The first-order chi connectivity index (χ1) is 8.77. The van der Waals surface area contributed by atoms with Crippen LogP contribution < -0.4 is 5.73 Å². The molecule has 0 saturated heterocycles. The number of nitrogen functional groups attached to an aromatic ring is 1. The maximum Gasteiger partial charge on any atom is 0.0757 e. The number of anilines is 1. The summed E-state index contributed by atoms with van der Waals surface area (Å²) in [6.45, 7) is 2.01. The van der Waals surface area contributed by atoms with Gasteiger partial charge in [-0.25, -0.2) is 0 Å². The Kier molecular flexibility index (Phi) is 2.49. The molecule has 1 heterocycles. The Labute approximate surface area is 106 Å². The molecule has 18 heavy (non-hydrogen) atoms. The maximum atomic E-state index is 5.93. The van der Waals surface area contributed by atoms with Crippen LogP contribution in [0.2, 0.25) is 0 Å². The number of hydrogen-bond donors (Lipinski definition) is 1. The van der Waals surface area contributed by atoms with Crippen LogP contribution in [0.5, 0.6) is 0 Å². The van der Waals surface area contributed by atoms with Gasteiger partial charge in [-0.3, -0.25) is 4.98 Å². The van der Waals surface area contributed by atoms with Crippen molar-refractivity contribution in [3.05, 3.63) is 60.3 Å². The molecule has 0 aliphatic carbocycles. The Bertz CT molecular complexity index is 703. The molecule has 0 atom stereocenters. The molecule has 3 aromatic rings. The van der Waals surface area contributed by atoms with Crippen LogP contribution in [0.15, 0.2) is 54.7 Å². The van der Waals surface area contributed by atoms with Crippen LogP contribution in [0.1, 0.15) is 5.56 Å². The molecular weight excluding hydrogens is 220 g/mol. The lowest BCUT2D eigenvalue weighted by atomic mass is 9.99. The lowest BCUT2D eigenvalue weighted by Crippen LogP contribution is -1.93. The van der Waals surface area contributed by atoms with Crippen molar-refractivity contribution in [1.82, 2.24) is 4.98 Å². The summed E-state index contributed by atoms with van der Waals surface area (Å²) >= 11 is 0. The topological polar surface area (TPSA) is 38.9 Å². The van der Waals surface area contributed by atoms with Crippen molar-refractivity contribution in [3.63, 3.8) is 0 Å². The minimum Gasteiger partial charge on any atom is -0.398 e. The molecule has 0 radical (unpaired) electrons. The highest BCUT2D eigenvalue weighted by Gasteiger charge is 2.07. The van der Waals surface area contributed by atoms with E-state index in [1.807, 2.05) is 49.5 Å². The van der Waals surface area contributed by atoms with Crippen LogP contribution in [-0.4, -0.2) is 4.98 Å². The largest absolute Gasteiger partial charge is 0.398 e. The molecule has 2 N–H and O–H groups in total. The first-order valence-corrected chi connectivity index (χ1v) is 5.96. The fourth-order valence-corrected chi connectivity index (χ4v) is 2.25. The number of benzene rings is 2. The second kappa shape index (κ2) is 4.15. The van der Waals surface area contributed by atoms with Crippen molar-refractivity contribution in [2.24, 2.45) is 0 Å². The van der Waals surface area contributed by atoms with Gasteiger partial charge in [0.15, 0.2) is 0 Å². The molecule has 0 spiro atoms. The Morgan fingerprint density at radius 3 is 2.50 bits per heavy atom. The number of hydrogen-bond acceptors (Lipinski definition) is 2. The molecule has 0 saturated carbocycles. The maximum absolute atomic E-state index is 5.93. The number of aromatic nitrogens is 1. The number of pyridine rings is 1. The van der Waals surface area contributed by atoms with Gasteiger partial charge in [-0.15, -0.1) is 0 Å². The van der Waals surface area contributed by atoms with Gasteiger partial charge in [-0.1, -0.05) is 36.4 Å². The Morgan fingerprint density at radius 1 is 0.944 bits per heavy atom. The lowest BCUT2D eigenvalue weighted by Gasteiger charge is -2.09. The van der Waals surface area contributed by atoms with Crippen molar-refractivity contribution < 1.29 is 0 Å². The molecule has 0 amide bonds. The molecular formula is C16H14N2. The molecule has 0 aliphatic heterocycles. The summed E-state index contributed by atoms with van der Waals surface area (Å²) in [5.74, 6) is 0. The molecule has 3 rings (SSSR count). The second-order valence-corrected chi connectivity index (χ2v) is 4.40. The number of aryl methyl sites for hydroxylation is 1. The normalized spacial score (nSPS) is 10.7. The molecule has 0 unspecified atom stereocenters. The molecule has 1 aromatic heterocycles. The highest BCUT2D eigenvalue weighted by atomic mass is 14.7. The highest BCUT2D eigenvalue weighted by Crippen LogP contribution is 2.30. The van der Waals surface area contributed by atoms with Crippen molar-refractivity contribution in [1.29, 1.82) is 0 Å². The van der Waals surface area contributed by atoms with Gasteiger partial charge in [0, 0.05) is 17.3 Å². The Hall–Kier alpha value is -2.35. The SMILES string of the molecule is Cc1c(N)ccc2c(-c3ccccc3)ccnc12. The third-order valence-electron chi connectivity index (χ3n) is 3.29. The van der Waals surface area contributed by atoms with Crippen LogP contribution in [0.3, 0.4) is 0 Å². The average Bonchev–Trinajstić information content (AvgIpc) is 2.43.